The number of ether oxygens (including phenoxy) is 2. The second-order valence-electron chi connectivity index (χ2n) is 13.7. The summed E-state index contributed by atoms with van der Waals surface area (Å²) in [6.45, 7) is 0. The normalized spacial score (nSPS) is 23.1. The molecule has 53 heavy (non-hydrogen) atoms. The summed E-state index contributed by atoms with van der Waals surface area (Å²) in [5.74, 6) is -1.70. The van der Waals surface area contributed by atoms with Gasteiger partial charge in [-0.1, -0.05) is 133 Å². The van der Waals surface area contributed by atoms with Gasteiger partial charge in [-0.25, -0.2) is 4.90 Å². The van der Waals surface area contributed by atoms with E-state index in [1.807, 2.05) is 164 Å². The minimum atomic E-state index is -1.52. The van der Waals surface area contributed by atoms with Crippen molar-refractivity contribution in [2.75, 3.05) is 19.1 Å². The van der Waals surface area contributed by atoms with E-state index in [4.69, 9.17) is 9.47 Å². The molecule has 0 radical (unpaired) electrons. The number of Topliss-reactive ketones (excluding diaryl/α,β-unsaturated/α-hetero) is 1. The summed E-state index contributed by atoms with van der Waals surface area (Å²) >= 11 is 0. The number of fused-ring (bicyclic) bond motifs is 5. The zero-order valence-corrected chi connectivity index (χ0v) is 29.2. The second-order valence-corrected chi connectivity index (χ2v) is 13.7. The van der Waals surface area contributed by atoms with Gasteiger partial charge in [0, 0.05) is 5.56 Å². The van der Waals surface area contributed by atoms with E-state index in [2.05, 4.69) is 0 Å². The van der Waals surface area contributed by atoms with Crippen molar-refractivity contribution in [1.82, 2.24) is 0 Å². The van der Waals surface area contributed by atoms with Crippen LogP contribution in [0.3, 0.4) is 0 Å². The average Bonchev–Trinajstić information content (AvgIpc) is 3.74. The molecule has 258 valence electrons. The van der Waals surface area contributed by atoms with Crippen LogP contribution in [0.2, 0.25) is 0 Å². The third-order valence-corrected chi connectivity index (χ3v) is 11.4. The Labute approximate surface area is 307 Å². The molecular weight excluding hydrogens is 659 g/mol. The van der Waals surface area contributed by atoms with Crippen LogP contribution in [0.15, 0.2) is 164 Å². The number of para-hydroxylation sites is 1. The van der Waals surface area contributed by atoms with Crippen LogP contribution in [0.1, 0.15) is 22.3 Å². The number of carbonyl (C=O) groups excluding carboxylic acids is 3. The Morgan fingerprint density at radius 1 is 0.453 bits per heavy atom. The molecule has 4 atom stereocenters. The van der Waals surface area contributed by atoms with Crippen LogP contribution >= 0.6 is 0 Å². The van der Waals surface area contributed by atoms with Gasteiger partial charge in [-0.3, -0.25) is 14.4 Å². The maximum absolute atomic E-state index is 16.2. The van der Waals surface area contributed by atoms with Crippen molar-refractivity contribution < 1.29 is 23.9 Å². The van der Waals surface area contributed by atoms with E-state index in [9.17, 15) is 0 Å². The number of carbonyl (C=O) groups is 3. The van der Waals surface area contributed by atoms with Crippen molar-refractivity contribution in [3.8, 4) is 22.6 Å². The largest absolute Gasteiger partial charge is 0.497 e. The summed E-state index contributed by atoms with van der Waals surface area (Å²) in [4.78, 5) is 48.7. The Morgan fingerprint density at radius 3 is 1.28 bits per heavy atom. The number of hydrogen-bond donors (Lipinski definition) is 0. The monoisotopic (exact) mass is 693 g/mol. The molecule has 0 spiro atoms. The Hall–Kier alpha value is -6.53. The quantitative estimate of drug-likeness (QED) is 0.150. The zero-order valence-electron chi connectivity index (χ0n) is 29.2. The average molecular weight is 694 g/mol. The van der Waals surface area contributed by atoms with Crippen LogP contribution in [-0.4, -0.2) is 31.8 Å². The lowest BCUT2D eigenvalue weighted by atomic mass is 9.59. The van der Waals surface area contributed by atoms with Crippen LogP contribution in [-0.2, 0) is 25.2 Å². The molecule has 1 heterocycles. The van der Waals surface area contributed by atoms with E-state index in [0.29, 0.717) is 39.5 Å². The summed E-state index contributed by atoms with van der Waals surface area (Å²) in [6.07, 6.45) is 0. The van der Waals surface area contributed by atoms with Gasteiger partial charge >= 0.3 is 0 Å². The molecule has 0 unspecified atom stereocenters. The summed E-state index contributed by atoms with van der Waals surface area (Å²) in [7, 11) is 3.23. The molecule has 0 N–H and O–H groups in total. The zero-order chi connectivity index (χ0) is 36.3. The number of rotatable bonds is 8. The predicted molar refractivity (Wildman–Crippen MR) is 205 cm³/mol. The first kappa shape index (κ1) is 32.4. The molecule has 6 aromatic rings. The van der Waals surface area contributed by atoms with Crippen LogP contribution in [0, 0.1) is 11.8 Å². The van der Waals surface area contributed by atoms with Gasteiger partial charge in [0.2, 0.25) is 11.8 Å². The standard InChI is InChI=1S/C47H35NO5/c1-52-35-26-22-31(23-27-35)39-40(32-24-28-36(53-2)29-25-32)47(34-18-10-5-11-19-34)42-41(46(39,45(47)51)33-16-8-4-9-17-33)43(49)48(44(42)50)38-21-13-12-20-37(38)30-14-6-3-7-15-30/h3-29,41-42H,1-2H3/t41-,42-,46-,47-/m1/s1. The smallest absolute Gasteiger partial charge is 0.239 e. The Bertz CT molecular complexity index is 2290. The van der Waals surface area contributed by atoms with Crippen molar-refractivity contribution in [2.24, 2.45) is 11.8 Å². The first-order chi connectivity index (χ1) is 26.0. The van der Waals surface area contributed by atoms with Crippen molar-refractivity contribution in [3.63, 3.8) is 0 Å². The highest BCUT2D eigenvalue weighted by Crippen LogP contribution is 2.74. The molecule has 9 rings (SSSR count). The number of nitrogens with zero attached hydrogens (tertiary/aromatic N) is 1. The van der Waals surface area contributed by atoms with Crippen LogP contribution < -0.4 is 14.4 Å². The molecule has 2 fully saturated rings. The van der Waals surface area contributed by atoms with Gasteiger partial charge in [0.25, 0.3) is 0 Å². The lowest BCUT2D eigenvalue weighted by Gasteiger charge is -2.39. The van der Waals surface area contributed by atoms with Crippen molar-refractivity contribution >= 4 is 34.4 Å². The molecule has 2 aliphatic carbocycles. The number of imide groups is 1. The highest BCUT2D eigenvalue weighted by Gasteiger charge is 2.82. The van der Waals surface area contributed by atoms with Crippen LogP contribution in [0.4, 0.5) is 5.69 Å². The van der Waals surface area contributed by atoms with Crippen molar-refractivity contribution in [2.45, 2.75) is 10.8 Å². The molecular formula is C47H35NO5. The first-order valence-electron chi connectivity index (χ1n) is 17.7. The molecule has 6 nitrogen and oxygen atoms in total. The number of ketones is 1. The molecule has 3 aliphatic rings. The third kappa shape index (κ3) is 4.35. The topological polar surface area (TPSA) is 72.9 Å². The van der Waals surface area contributed by atoms with Gasteiger partial charge in [0.1, 0.15) is 11.5 Å². The van der Waals surface area contributed by atoms with Gasteiger partial charge in [0.05, 0.1) is 42.6 Å². The van der Waals surface area contributed by atoms with Crippen molar-refractivity contribution in [1.29, 1.82) is 0 Å². The van der Waals surface area contributed by atoms with E-state index >= 15 is 14.4 Å². The van der Waals surface area contributed by atoms with Gasteiger partial charge < -0.3 is 9.47 Å². The number of anilines is 1. The Morgan fingerprint density at radius 2 is 0.849 bits per heavy atom. The van der Waals surface area contributed by atoms with E-state index < -0.39 is 34.5 Å². The molecule has 6 heteroatoms. The predicted octanol–water partition coefficient (Wildman–Crippen LogP) is 8.56. The minimum absolute atomic E-state index is 0.174. The van der Waals surface area contributed by atoms with Gasteiger partial charge in [-0.2, -0.15) is 0 Å². The van der Waals surface area contributed by atoms with Gasteiger partial charge in [-0.15, -0.1) is 0 Å². The summed E-state index contributed by atoms with van der Waals surface area (Å²) in [6, 6.07) is 51.7. The van der Waals surface area contributed by atoms with Crippen molar-refractivity contribution in [3.05, 3.63) is 186 Å². The number of amides is 2. The number of benzene rings is 6. The molecule has 2 amide bonds. The second kappa shape index (κ2) is 12.3. The number of allylic oxidation sites excluding steroid dienone is 2. The Kier molecular flexibility index (Phi) is 7.52. The summed E-state index contributed by atoms with van der Waals surface area (Å²) in [5, 5.41) is 0. The fourth-order valence-corrected chi connectivity index (χ4v) is 9.41. The molecule has 2 bridgehead atoms. The maximum atomic E-state index is 16.2. The lowest BCUT2D eigenvalue weighted by molar-refractivity contribution is -0.130. The molecule has 1 saturated heterocycles. The van der Waals surface area contributed by atoms with E-state index in [0.717, 1.165) is 22.3 Å². The molecule has 1 aliphatic heterocycles. The molecule has 0 aromatic heterocycles. The van der Waals surface area contributed by atoms with Crippen LogP contribution in [0.25, 0.3) is 22.3 Å². The first-order valence-corrected chi connectivity index (χ1v) is 17.7. The third-order valence-electron chi connectivity index (χ3n) is 11.4. The van der Waals surface area contributed by atoms with Gasteiger partial charge in [0.15, 0.2) is 5.78 Å². The van der Waals surface area contributed by atoms with E-state index in [-0.39, 0.29) is 5.78 Å². The number of hydrogen-bond acceptors (Lipinski definition) is 5. The fraction of sp³-hybridized carbons (Fsp3) is 0.128. The minimum Gasteiger partial charge on any atom is -0.497 e. The fourth-order valence-electron chi connectivity index (χ4n) is 9.41. The summed E-state index contributed by atoms with van der Waals surface area (Å²) in [5.41, 5.74) is 3.42. The number of methoxy groups -OCH3 is 2. The summed E-state index contributed by atoms with van der Waals surface area (Å²) < 4.78 is 11.1. The Balaban J connectivity index is 1.41. The molecule has 1 saturated carbocycles. The highest BCUT2D eigenvalue weighted by molar-refractivity contribution is 6.39. The van der Waals surface area contributed by atoms with Gasteiger partial charge in [-0.05, 0) is 69.3 Å². The SMILES string of the molecule is COc1ccc(C2=C(c3ccc(OC)cc3)[C@@]3(c4ccccc4)C(=O)[C@@]2(c2ccccc2)[C@H]2C(=O)N(c4ccccc4-c4ccccc4)C(=O)[C@@H]23)cc1. The highest BCUT2D eigenvalue weighted by atomic mass is 16.5. The molecule has 6 aromatic carbocycles. The van der Waals surface area contributed by atoms with Crippen LogP contribution in [0.5, 0.6) is 11.5 Å². The lowest BCUT2D eigenvalue weighted by Crippen LogP contribution is -2.45. The van der Waals surface area contributed by atoms with E-state index in [1.165, 1.54) is 4.90 Å². The van der Waals surface area contributed by atoms with E-state index in [1.54, 1.807) is 14.2 Å². The maximum Gasteiger partial charge on any atom is 0.239 e.